The summed E-state index contributed by atoms with van der Waals surface area (Å²) in [4.78, 5) is 10.9. The molecule has 0 aliphatic rings. The second-order valence-corrected chi connectivity index (χ2v) is 16.3. The first-order chi connectivity index (χ1) is 29.6. The van der Waals surface area contributed by atoms with E-state index in [1.807, 2.05) is 111 Å². The third-order valence-electron chi connectivity index (χ3n) is 9.81. The maximum Gasteiger partial charge on any atom is 1.00 e. The van der Waals surface area contributed by atoms with E-state index in [1.54, 1.807) is 35.7 Å². The van der Waals surface area contributed by atoms with Crippen LogP contribution < -0.4 is 67.5 Å². The van der Waals surface area contributed by atoms with Gasteiger partial charge in [0.25, 0.3) is 0 Å². The maximum atomic E-state index is 11.9. The zero-order valence-corrected chi connectivity index (χ0v) is 44.0. The van der Waals surface area contributed by atoms with Crippen molar-refractivity contribution >= 4 is 55.9 Å². The summed E-state index contributed by atoms with van der Waals surface area (Å²) < 4.78 is 89.9. The number of halogens is 3. The Hall–Kier alpha value is -2.27. The molecule has 8 aromatic rings. The van der Waals surface area contributed by atoms with Crippen molar-refractivity contribution < 1.29 is 158 Å². The number of hydrogen-bond donors (Lipinski definition) is 2. The van der Waals surface area contributed by atoms with E-state index in [-0.39, 0.29) is 120 Å². The van der Waals surface area contributed by atoms with Gasteiger partial charge in [0.05, 0.1) is 28.5 Å². The molecular weight excluding hydrogens is 1060 g/mol. The molecule has 10 nitrogen and oxygen atoms in total. The topological polar surface area (TPSA) is 165 Å². The van der Waals surface area contributed by atoms with Crippen molar-refractivity contribution in [3.8, 4) is 56.3 Å². The monoisotopic (exact) mass is 1100 g/mol. The van der Waals surface area contributed by atoms with E-state index in [9.17, 15) is 35.8 Å². The standard InChI is InChI=1S/C38H28N2O6S2.C8H9F3O2S.Eu.2Na/c1-23-3-7-27(8-4-23)35-21-33(25-11-15-29(16-12-25)45-47(41)42)31-19-20-32-34(26-13-17-30(18-14-26)46-48(43)44)22-36(40-38(32)37(31)39-35)28-9-5-24(2)6-10-28;9-8(10,11)7(13)4-5(12)6-2-1-3-14-6;;;/h3-22H,1-2H3,(H,41,42)(H,43,44);1-3,5,7,12-13H,4H2;;;/q;;;2*+1/p-2. The number of alkyl halides is 3. The summed E-state index contributed by atoms with van der Waals surface area (Å²) in [5, 5.41) is 21.3. The van der Waals surface area contributed by atoms with Gasteiger partial charge in [-0.2, -0.15) is 13.2 Å². The van der Waals surface area contributed by atoms with Crippen LogP contribution >= 0.6 is 11.3 Å². The molecule has 2 N–H and O–H groups in total. The first-order valence-corrected chi connectivity index (χ1v) is 21.7. The van der Waals surface area contributed by atoms with Crippen molar-refractivity contribution in [1.29, 1.82) is 0 Å². The molecule has 325 valence electrons. The van der Waals surface area contributed by atoms with Crippen molar-refractivity contribution in [3.63, 3.8) is 0 Å². The number of fused-ring (bicyclic) bond motifs is 3. The van der Waals surface area contributed by atoms with Crippen LogP contribution in [0.2, 0.25) is 0 Å². The molecule has 8 rings (SSSR count). The van der Waals surface area contributed by atoms with E-state index in [0.717, 1.165) is 78.0 Å². The summed E-state index contributed by atoms with van der Waals surface area (Å²) in [6.45, 7) is 4.07. The Morgan fingerprint density at radius 2 is 1.02 bits per heavy atom. The molecule has 0 bridgehead atoms. The summed E-state index contributed by atoms with van der Waals surface area (Å²) >= 11 is -4.21. The van der Waals surface area contributed by atoms with Gasteiger partial charge in [0.15, 0.2) is 6.10 Å². The summed E-state index contributed by atoms with van der Waals surface area (Å²) in [5.41, 5.74) is 10.5. The third-order valence-corrected chi connectivity index (χ3v) is 11.4. The third kappa shape index (κ3) is 14.4. The molecule has 19 heteroatoms. The molecule has 4 unspecified atom stereocenters. The van der Waals surface area contributed by atoms with Gasteiger partial charge in [0, 0.05) is 82.6 Å². The summed E-state index contributed by atoms with van der Waals surface area (Å²) in [7, 11) is 0. The molecule has 0 fully saturated rings. The Morgan fingerprint density at radius 1 is 0.631 bits per heavy atom. The molecule has 4 atom stereocenters. The van der Waals surface area contributed by atoms with Crippen LogP contribution in [0.4, 0.5) is 13.2 Å². The molecule has 65 heavy (non-hydrogen) atoms. The SMILES string of the molecule is Cc1ccc(-c2cc(-c3ccc(OS(=O)[O-])cc3)c3ccc4c(-c5ccc(OS(=O)[O-])cc5)cc(-c5ccc(C)cc5)nc4c3n2)cc1.OC(CC(O)C(F)(F)F)c1cccs1.[Eu].[Na+].[Na+]. The fourth-order valence-corrected chi connectivity index (χ4v) is 7.94. The van der Waals surface area contributed by atoms with Gasteiger partial charge in [-0.25, -0.2) is 18.4 Å². The van der Waals surface area contributed by atoms with Gasteiger partial charge in [0.1, 0.15) is 34.2 Å². The Morgan fingerprint density at radius 3 is 1.35 bits per heavy atom. The molecule has 0 aliphatic carbocycles. The van der Waals surface area contributed by atoms with Crippen LogP contribution in [0.3, 0.4) is 0 Å². The first kappa shape index (κ1) is 55.3. The van der Waals surface area contributed by atoms with Crippen LogP contribution in [0.5, 0.6) is 11.5 Å². The zero-order chi connectivity index (χ0) is 44.1. The van der Waals surface area contributed by atoms with Gasteiger partial charge in [0.2, 0.25) is 0 Å². The second kappa shape index (κ2) is 24.8. The van der Waals surface area contributed by atoms with Crippen LogP contribution in [0, 0.1) is 63.2 Å². The minimum absolute atomic E-state index is 0. The Bertz CT molecular complexity index is 2710. The molecule has 3 heterocycles. The molecule has 3 aromatic heterocycles. The van der Waals surface area contributed by atoms with E-state index in [2.05, 4.69) is 0 Å². The van der Waals surface area contributed by atoms with Crippen molar-refractivity contribution in [3.05, 3.63) is 155 Å². The molecule has 0 saturated carbocycles. The summed E-state index contributed by atoms with van der Waals surface area (Å²) in [5.74, 6) is 0.420. The smallest absolute Gasteiger partial charge is 0.740 e. The molecule has 0 amide bonds. The zero-order valence-electron chi connectivity index (χ0n) is 35.1. The molecular formula is C46H35EuF3N2Na2O8S3. The fraction of sp³-hybridized carbons (Fsp3) is 0.130. The molecule has 0 saturated heterocycles. The van der Waals surface area contributed by atoms with Crippen molar-refractivity contribution in [1.82, 2.24) is 9.97 Å². The minimum Gasteiger partial charge on any atom is -0.740 e. The van der Waals surface area contributed by atoms with Crippen LogP contribution in [0.15, 0.2) is 139 Å². The Labute approximate surface area is 467 Å². The van der Waals surface area contributed by atoms with Crippen LogP contribution in [-0.2, 0) is 22.7 Å². The number of aromatic nitrogens is 2. The number of aliphatic hydroxyl groups is 2. The number of nitrogens with zero attached hydrogens (tertiary/aromatic N) is 2. The predicted molar refractivity (Wildman–Crippen MR) is 233 cm³/mol. The van der Waals surface area contributed by atoms with Crippen LogP contribution in [0.1, 0.15) is 28.5 Å². The molecule has 1 radical (unpaired) electrons. The van der Waals surface area contributed by atoms with Crippen molar-refractivity contribution in [2.24, 2.45) is 0 Å². The minimum atomic E-state index is -4.67. The average molecular weight is 1090 g/mol. The van der Waals surface area contributed by atoms with Gasteiger partial charge >= 0.3 is 65.3 Å². The van der Waals surface area contributed by atoms with E-state index in [1.165, 1.54) is 6.07 Å². The van der Waals surface area contributed by atoms with Gasteiger partial charge in [-0.1, -0.05) is 102 Å². The van der Waals surface area contributed by atoms with E-state index in [4.69, 9.17) is 23.4 Å². The second-order valence-electron chi connectivity index (χ2n) is 14.1. The molecule has 0 aliphatic heterocycles. The van der Waals surface area contributed by atoms with E-state index < -0.39 is 47.5 Å². The van der Waals surface area contributed by atoms with Gasteiger partial charge < -0.3 is 27.7 Å². The number of aliphatic hydroxyl groups excluding tert-OH is 2. The van der Waals surface area contributed by atoms with E-state index in [0.29, 0.717) is 15.9 Å². The normalized spacial score (nSPS) is 12.9. The van der Waals surface area contributed by atoms with Crippen molar-refractivity contribution in [2.45, 2.75) is 38.7 Å². The van der Waals surface area contributed by atoms with Gasteiger partial charge in [-0.15, -0.1) is 11.3 Å². The van der Waals surface area contributed by atoms with Crippen molar-refractivity contribution in [2.75, 3.05) is 0 Å². The maximum absolute atomic E-state index is 11.9. The fourth-order valence-electron chi connectivity index (χ4n) is 6.68. The number of aryl methyl sites for hydroxylation is 2. The molecule has 5 aromatic carbocycles. The summed E-state index contributed by atoms with van der Waals surface area (Å²) in [6, 6.07) is 41.3. The van der Waals surface area contributed by atoms with Crippen LogP contribution in [-0.4, -0.2) is 50.0 Å². The average Bonchev–Trinajstić information content (AvgIpc) is 3.79. The Kier molecular flexibility index (Phi) is 21.2. The van der Waals surface area contributed by atoms with Gasteiger partial charge in [-0.05, 0) is 83.9 Å². The predicted octanol–water partition coefficient (Wildman–Crippen LogP) is 4.52. The first-order valence-electron chi connectivity index (χ1n) is 18.8. The quantitative estimate of drug-likeness (QED) is 0.107. The number of rotatable bonds is 11. The van der Waals surface area contributed by atoms with E-state index >= 15 is 0 Å². The summed E-state index contributed by atoms with van der Waals surface area (Å²) in [6.07, 6.45) is -9.12. The molecule has 0 spiro atoms. The number of pyridine rings is 2. The van der Waals surface area contributed by atoms with Gasteiger partial charge in [-0.3, -0.25) is 0 Å². The number of hydrogen-bond acceptors (Lipinski definition) is 11. The van der Waals surface area contributed by atoms with Crippen LogP contribution in [0.25, 0.3) is 66.6 Å². The number of thiophene rings is 1. The number of benzene rings is 5. The Balaban J connectivity index is 0.000000469. The largest absolute Gasteiger partial charge is 1.00 e.